The van der Waals surface area contributed by atoms with Crippen molar-refractivity contribution in [1.29, 1.82) is 0 Å². The van der Waals surface area contributed by atoms with Crippen molar-refractivity contribution >= 4 is 54.3 Å². The number of carbonyl (C=O) groups excluding carboxylic acids is 2. The van der Waals surface area contributed by atoms with Gasteiger partial charge < -0.3 is 23.3 Å². The standard InChI is InChI=1S/C38H61N7O6Si3.2CH4/c1-8-48-39-26-28-44(37(46)40-33-20-12-9-13-21-33)27-18-30-52(2,3)50-54(6,7)51-53(4,5)31-19-29-45(38(47)41-34-22-14-10-15-23-34)32-36(45)43-49-42-35-24-16-11-17-25-35;;/h9-17,20-25,36,39,42-43H,8,18-19,26-32H2,1-7H3,(H-,40,41,46,47);2*1H4/p+1. The number of hydrogen-bond donors (Lipinski definition) is 5. The van der Waals surface area contributed by atoms with Gasteiger partial charge in [0.15, 0.2) is 23.2 Å². The van der Waals surface area contributed by atoms with Crippen LogP contribution in [0, 0.1) is 0 Å². The highest BCUT2D eigenvalue weighted by atomic mass is 28.5. The molecule has 1 heterocycles. The molecule has 2 unspecified atom stereocenters. The predicted molar refractivity (Wildman–Crippen MR) is 237 cm³/mol. The number of para-hydroxylation sites is 3. The highest BCUT2D eigenvalue weighted by Crippen LogP contribution is 2.33. The van der Waals surface area contributed by atoms with Crippen LogP contribution < -0.4 is 27.1 Å². The van der Waals surface area contributed by atoms with E-state index in [1.54, 1.807) is 0 Å². The summed E-state index contributed by atoms with van der Waals surface area (Å²) in [5.41, 5.74) is 11.3. The van der Waals surface area contributed by atoms with Crippen LogP contribution in [0.1, 0.15) is 34.6 Å². The maximum atomic E-state index is 13.7. The van der Waals surface area contributed by atoms with Gasteiger partial charge in [0.25, 0.3) is 0 Å². The lowest BCUT2D eigenvalue weighted by molar-refractivity contribution is -0.730. The van der Waals surface area contributed by atoms with Crippen molar-refractivity contribution in [2.75, 3.05) is 55.4 Å². The largest absolute Gasteiger partial charge is 0.437 e. The molecule has 312 valence electrons. The minimum Gasteiger partial charge on any atom is -0.437 e. The summed E-state index contributed by atoms with van der Waals surface area (Å²) in [7, 11) is -6.78. The van der Waals surface area contributed by atoms with Crippen LogP contribution in [0.3, 0.4) is 0 Å². The number of urea groups is 2. The Morgan fingerprint density at radius 3 is 1.80 bits per heavy atom. The fraction of sp³-hybridized carbons (Fsp3) is 0.500. The lowest BCUT2D eigenvalue weighted by atomic mass is 10.3. The van der Waals surface area contributed by atoms with Gasteiger partial charge in [-0.1, -0.05) is 69.5 Å². The first-order valence-electron chi connectivity index (χ1n) is 19.0. The Hall–Kier alpha value is -3.43. The molecule has 56 heavy (non-hydrogen) atoms. The minimum atomic E-state index is -2.49. The average molecular weight is 829 g/mol. The molecular weight excluding hydrogens is 759 g/mol. The second-order valence-electron chi connectivity index (χ2n) is 15.4. The van der Waals surface area contributed by atoms with Crippen LogP contribution >= 0.6 is 0 Å². The molecule has 3 aromatic carbocycles. The molecule has 0 aromatic heterocycles. The summed E-state index contributed by atoms with van der Waals surface area (Å²) >= 11 is 0. The summed E-state index contributed by atoms with van der Waals surface area (Å²) in [5, 5.41) is 6.12. The highest BCUT2D eigenvalue weighted by molar-refractivity contribution is 6.87. The number of hydroxylamine groups is 2. The zero-order valence-corrected chi connectivity index (χ0v) is 36.2. The summed E-state index contributed by atoms with van der Waals surface area (Å²) in [4.78, 5) is 39.6. The predicted octanol–water partition coefficient (Wildman–Crippen LogP) is 9.20. The van der Waals surface area contributed by atoms with Gasteiger partial charge in [0, 0.05) is 31.0 Å². The Balaban J connectivity index is 0.00000541. The summed E-state index contributed by atoms with van der Waals surface area (Å²) in [6.07, 6.45) is 1.47. The molecular formula is C40H70N7O6Si3+. The van der Waals surface area contributed by atoms with Crippen molar-refractivity contribution in [2.45, 2.75) is 92.2 Å². The van der Waals surface area contributed by atoms with Gasteiger partial charge in [-0.25, -0.2) is 25.0 Å². The fourth-order valence-corrected chi connectivity index (χ4v) is 20.7. The van der Waals surface area contributed by atoms with Gasteiger partial charge >= 0.3 is 20.6 Å². The van der Waals surface area contributed by atoms with Crippen LogP contribution in [0.4, 0.5) is 26.7 Å². The van der Waals surface area contributed by atoms with Crippen molar-refractivity contribution in [3.63, 3.8) is 0 Å². The molecule has 16 heteroatoms. The third kappa shape index (κ3) is 16.6. The first-order valence-corrected chi connectivity index (χ1v) is 28.1. The Morgan fingerprint density at radius 1 is 0.732 bits per heavy atom. The minimum absolute atomic E-state index is 0. The van der Waals surface area contributed by atoms with Crippen molar-refractivity contribution in [3.05, 3.63) is 91.0 Å². The van der Waals surface area contributed by atoms with Crippen LogP contribution in [0.5, 0.6) is 0 Å². The van der Waals surface area contributed by atoms with E-state index in [4.69, 9.17) is 18.0 Å². The number of amides is 4. The van der Waals surface area contributed by atoms with Crippen LogP contribution in [-0.2, 0) is 18.0 Å². The van der Waals surface area contributed by atoms with E-state index in [9.17, 15) is 9.59 Å². The summed E-state index contributed by atoms with van der Waals surface area (Å²) in [6.45, 7) is 18.7. The van der Waals surface area contributed by atoms with Crippen LogP contribution in [-0.4, -0.2) is 92.1 Å². The molecule has 4 amide bonds. The molecule has 1 aliphatic heterocycles. The van der Waals surface area contributed by atoms with Crippen molar-refractivity contribution < 1.29 is 32.1 Å². The van der Waals surface area contributed by atoms with E-state index in [1.165, 1.54) is 0 Å². The number of carbonyl (C=O) groups is 2. The first-order chi connectivity index (χ1) is 25.7. The number of rotatable bonds is 23. The summed E-state index contributed by atoms with van der Waals surface area (Å²) in [5.74, 6) is 0. The van der Waals surface area contributed by atoms with Gasteiger partial charge in [-0.2, -0.15) is 4.94 Å². The molecule has 1 saturated heterocycles. The Kier molecular flexibility index (Phi) is 20.1. The fourth-order valence-electron chi connectivity index (χ4n) is 6.72. The Labute approximate surface area is 339 Å². The number of nitrogens with zero attached hydrogens (tertiary/aromatic N) is 2. The van der Waals surface area contributed by atoms with Gasteiger partial charge in [-0.3, -0.25) is 5.32 Å². The molecule has 2 atom stereocenters. The summed E-state index contributed by atoms with van der Waals surface area (Å²) < 4.78 is 14.1. The normalized spacial score (nSPS) is 16.5. The molecule has 1 aliphatic rings. The zero-order valence-electron chi connectivity index (χ0n) is 33.2. The van der Waals surface area contributed by atoms with Crippen LogP contribution in [0.25, 0.3) is 0 Å². The van der Waals surface area contributed by atoms with Crippen molar-refractivity contribution in [3.8, 4) is 0 Å². The van der Waals surface area contributed by atoms with Gasteiger partial charge in [0.05, 0.1) is 18.8 Å². The van der Waals surface area contributed by atoms with E-state index >= 15 is 0 Å². The topological polar surface area (TPSA) is 134 Å². The van der Waals surface area contributed by atoms with Crippen molar-refractivity contribution in [2.24, 2.45) is 0 Å². The third-order valence-corrected chi connectivity index (χ3v) is 20.6. The Morgan fingerprint density at radius 2 is 1.25 bits per heavy atom. The molecule has 0 radical (unpaired) electrons. The van der Waals surface area contributed by atoms with E-state index in [0.717, 1.165) is 42.0 Å². The molecule has 5 N–H and O–H groups in total. The maximum absolute atomic E-state index is 13.7. The molecule has 0 saturated carbocycles. The van der Waals surface area contributed by atoms with Crippen LogP contribution in [0.15, 0.2) is 91.0 Å². The van der Waals surface area contributed by atoms with Gasteiger partial charge in [-0.15, -0.1) is 5.48 Å². The second-order valence-corrected chi connectivity index (χ2v) is 27.9. The molecule has 0 bridgehead atoms. The first kappa shape index (κ1) is 48.7. The average Bonchev–Trinajstić information content (AvgIpc) is 3.83. The Bertz CT molecular complexity index is 1580. The molecule has 0 spiro atoms. The molecule has 1 fully saturated rings. The number of anilines is 3. The molecule has 3 aromatic rings. The second kappa shape index (κ2) is 23.1. The van der Waals surface area contributed by atoms with Gasteiger partial charge in [0.2, 0.25) is 6.17 Å². The smallest absolute Gasteiger partial charge is 0.422 e. The van der Waals surface area contributed by atoms with Crippen LogP contribution in [0.2, 0.25) is 51.4 Å². The monoisotopic (exact) mass is 828 g/mol. The SMILES string of the molecule is C.C.CCONCCN(CCC[Si](C)(C)O[Si](C)(C)O[Si](C)(C)CCC[N+]1(C(=O)Nc2ccccc2)CC1NONc1ccccc1)C(=O)Nc1ccccc1. The molecule has 0 aliphatic carbocycles. The zero-order chi connectivity index (χ0) is 39.1. The number of benzene rings is 3. The van der Waals surface area contributed by atoms with E-state index in [0.29, 0.717) is 39.3 Å². The maximum Gasteiger partial charge on any atom is 0.422 e. The molecule has 4 rings (SSSR count). The highest BCUT2D eigenvalue weighted by Gasteiger charge is 2.61. The number of quaternary nitrogens is 1. The van der Waals surface area contributed by atoms with Gasteiger partial charge in [0.1, 0.15) is 0 Å². The van der Waals surface area contributed by atoms with E-state index in [-0.39, 0.29) is 37.6 Å². The van der Waals surface area contributed by atoms with Crippen molar-refractivity contribution in [1.82, 2.24) is 15.9 Å². The summed E-state index contributed by atoms with van der Waals surface area (Å²) in [6, 6.07) is 30.3. The van der Waals surface area contributed by atoms with E-state index < -0.39 is 25.2 Å². The molecule has 13 nitrogen and oxygen atoms in total. The van der Waals surface area contributed by atoms with E-state index in [1.807, 2.05) is 103 Å². The lowest BCUT2D eigenvalue weighted by Crippen LogP contribution is -2.52. The number of nitrogens with one attached hydrogen (secondary N) is 5. The number of hydrogen-bond acceptors (Lipinski definition) is 9. The van der Waals surface area contributed by atoms with E-state index in [2.05, 4.69) is 66.4 Å². The quantitative estimate of drug-likeness (QED) is 0.0209. The lowest BCUT2D eigenvalue weighted by Gasteiger charge is -2.39. The van der Waals surface area contributed by atoms with Gasteiger partial charge in [-0.05, 0) is 108 Å². The third-order valence-electron chi connectivity index (χ3n) is 9.16.